The number of carbonyl (C=O) groups excluding carboxylic acids is 1. The molecular formula is C16H21FO2. The van der Waals surface area contributed by atoms with Crippen LogP contribution in [0.4, 0.5) is 4.39 Å². The van der Waals surface area contributed by atoms with Gasteiger partial charge in [0.2, 0.25) is 0 Å². The number of carbonyl (C=O) groups is 1. The fraction of sp³-hybridized carbons (Fsp3) is 0.562. The molecule has 0 aromatic heterocycles. The van der Waals surface area contributed by atoms with Crippen molar-refractivity contribution in [3.8, 4) is 0 Å². The van der Waals surface area contributed by atoms with E-state index in [9.17, 15) is 9.18 Å². The maximum absolute atomic E-state index is 13.2. The van der Waals surface area contributed by atoms with E-state index in [2.05, 4.69) is 0 Å². The van der Waals surface area contributed by atoms with Gasteiger partial charge in [0, 0.05) is 0 Å². The van der Waals surface area contributed by atoms with Crippen LogP contribution in [-0.2, 0) is 11.2 Å². The summed E-state index contributed by atoms with van der Waals surface area (Å²) in [6.45, 7) is 0. The third-order valence-electron chi connectivity index (χ3n) is 4.02. The molecule has 0 atom stereocenters. The van der Waals surface area contributed by atoms with Gasteiger partial charge >= 0.3 is 5.97 Å². The molecule has 0 amide bonds. The van der Waals surface area contributed by atoms with Crippen molar-refractivity contribution >= 4 is 5.97 Å². The molecule has 1 fully saturated rings. The molecule has 0 saturated heterocycles. The minimum absolute atomic E-state index is 0.373. The first-order valence-corrected chi connectivity index (χ1v) is 7.07. The van der Waals surface area contributed by atoms with E-state index < -0.39 is 5.97 Å². The summed E-state index contributed by atoms with van der Waals surface area (Å²) >= 11 is 0. The van der Waals surface area contributed by atoms with Crippen LogP contribution in [0.5, 0.6) is 0 Å². The quantitative estimate of drug-likeness (QED) is 0.764. The first kappa shape index (κ1) is 14.0. The van der Waals surface area contributed by atoms with E-state index in [1.165, 1.54) is 51.3 Å². The SMILES string of the molecule is COC(=O)c1cc(F)ccc1CCC1CCCCC1. The number of rotatable bonds is 4. The van der Waals surface area contributed by atoms with Crippen molar-refractivity contribution in [1.29, 1.82) is 0 Å². The normalized spacial score (nSPS) is 16.3. The van der Waals surface area contributed by atoms with Gasteiger partial charge in [-0.25, -0.2) is 9.18 Å². The van der Waals surface area contributed by atoms with E-state index in [0.717, 1.165) is 24.3 Å². The lowest BCUT2D eigenvalue weighted by molar-refractivity contribution is 0.0598. The molecule has 1 aromatic rings. The predicted molar refractivity (Wildman–Crippen MR) is 72.6 cm³/mol. The van der Waals surface area contributed by atoms with Crippen molar-refractivity contribution in [1.82, 2.24) is 0 Å². The summed E-state index contributed by atoms with van der Waals surface area (Å²) in [5.74, 6) is -0.0794. The molecule has 0 unspecified atom stereocenters. The van der Waals surface area contributed by atoms with Crippen molar-refractivity contribution in [2.45, 2.75) is 44.9 Å². The van der Waals surface area contributed by atoms with E-state index in [1.807, 2.05) is 0 Å². The van der Waals surface area contributed by atoms with Gasteiger partial charge in [0.25, 0.3) is 0 Å². The largest absolute Gasteiger partial charge is 0.465 e. The summed E-state index contributed by atoms with van der Waals surface area (Å²) in [6, 6.07) is 4.41. The van der Waals surface area contributed by atoms with E-state index in [1.54, 1.807) is 6.07 Å². The Morgan fingerprint density at radius 3 is 2.74 bits per heavy atom. The Labute approximate surface area is 114 Å². The molecule has 1 saturated carbocycles. The summed E-state index contributed by atoms with van der Waals surface area (Å²) < 4.78 is 17.9. The molecule has 0 aliphatic heterocycles. The number of hydrogen-bond donors (Lipinski definition) is 0. The van der Waals surface area contributed by atoms with Crippen molar-refractivity contribution in [2.24, 2.45) is 5.92 Å². The van der Waals surface area contributed by atoms with Gasteiger partial charge in [-0.3, -0.25) is 0 Å². The van der Waals surface area contributed by atoms with Crippen LogP contribution in [0, 0.1) is 11.7 Å². The summed E-state index contributed by atoms with van der Waals surface area (Å²) in [5.41, 5.74) is 1.28. The molecule has 1 aliphatic rings. The van der Waals surface area contributed by atoms with Crippen LogP contribution in [0.25, 0.3) is 0 Å². The fourth-order valence-corrected chi connectivity index (χ4v) is 2.90. The fourth-order valence-electron chi connectivity index (χ4n) is 2.90. The second kappa shape index (κ2) is 6.69. The van der Waals surface area contributed by atoms with Crippen molar-refractivity contribution < 1.29 is 13.9 Å². The standard InChI is InChI=1S/C16H21FO2/c1-19-16(18)15-11-14(17)10-9-13(15)8-7-12-5-3-2-4-6-12/h9-12H,2-8H2,1H3. The Hall–Kier alpha value is -1.38. The molecule has 104 valence electrons. The van der Waals surface area contributed by atoms with E-state index >= 15 is 0 Å². The Bertz CT molecular complexity index is 436. The second-order valence-electron chi connectivity index (χ2n) is 5.34. The maximum Gasteiger partial charge on any atom is 0.338 e. The molecule has 2 rings (SSSR count). The summed E-state index contributed by atoms with van der Waals surface area (Å²) in [7, 11) is 1.33. The minimum Gasteiger partial charge on any atom is -0.465 e. The van der Waals surface area contributed by atoms with Crippen molar-refractivity contribution in [3.63, 3.8) is 0 Å². The zero-order valence-corrected chi connectivity index (χ0v) is 11.5. The Morgan fingerprint density at radius 1 is 1.32 bits per heavy atom. The lowest BCUT2D eigenvalue weighted by atomic mass is 9.85. The van der Waals surface area contributed by atoms with Gasteiger partial charge in [-0.1, -0.05) is 38.2 Å². The van der Waals surface area contributed by atoms with Crippen LogP contribution in [0.15, 0.2) is 18.2 Å². The highest BCUT2D eigenvalue weighted by Gasteiger charge is 2.17. The Morgan fingerprint density at radius 2 is 2.05 bits per heavy atom. The number of methoxy groups -OCH3 is 1. The van der Waals surface area contributed by atoms with Gasteiger partial charge in [0.15, 0.2) is 0 Å². The van der Waals surface area contributed by atoms with Crippen LogP contribution in [0.1, 0.15) is 54.4 Å². The first-order valence-electron chi connectivity index (χ1n) is 7.07. The van der Waals surface area contributed by atoms with Gasteiger partial charge in [-0.15, -0.1) is 0 Å². The zero-order chi connectivity index (χ0) is 13.7. The third-order valence-corrected chi connectivity index (χ3v) is 4.02. The highest BCUT2D eigenvalue weighted by Crippen LogP contribution is 2.28. The number of ether oxygens (including phenoxy) is 1. The van der Waals surface area contributed by atoms with Crippen molar-refractivity contribution in [2.75, 3.05) is 7.11 Å². The van der Waals surface area contributed by atoms with Gasteiger partial charge in [0.1, 0.15) is 5.82 Å². The third kappa shape index (κ3) is 3.79. The zero-order valence-electron chi connectivity index (χ0n) is 11.5. The van der Waals surface area contributed by atoms with Crippen LogP contribution in [0.2, 0.25) is 0 Å². The van der Waals surface area contributed by atoms with Crippen LogP contribution in [0.3, 0.4) is 0 Å². The molecule has 3 heteroatoms. The van der Waals surface area contributed by atoms with Gasteiger partial charge in [0.05, 0.1) is 12.7 Å². The molecular weight excluding hydrogens is 243 g/mol. The van der Waals surface area contributed by atoms with Gasteiger partial charge in [-0.05, 0) is 36.5 Å². The van der Waals surface area contributed by atoms with Gasteiger partial charge in [-0.2, -0.15) is 0 Å². The highest BCUT2D eigenvalue weighted by molar-refractivity contribution is 5.91. The number of benzene rings is 1. The molecule has 1 aliphatic carbocycles. The summed E-state index contributed by atoms with van der Waals surface area (Å²) in [6.07, 6.45) is 8.46. The first-order chi connectivity index (χ1) is 9.20. The van der Waals surface area contributed by atoms with E-state index in [4.69, 9.17) is 4.74 Å². The van der Waals surface area contributed by atoms with Crippen LogP contribution < -0.4 is 0 Å². The molecule has 1 aromatic carbocycles. The Balaban J connectivity index is 2.04. The number of aryl methyl sites for hydroxylation is 1. The molecule has 0 heterocycles. The smallest absolute Gasteiger partial charge is 0.338 e. The molecule has 2 nitrogen and oxygen atoms in total. The molecule has 0 radical (unpaired) electrons. The van der Waals surface area contributed by atoms with Crippen LogP contribution >= 0.6 is 0 Å². The number of esters is 1. The average Bonchev–Trinajstić information content (AvgIpc) is 2.46. The molecule has 19 heavy (non-hydrogen) atoms. The minimum atomic E-state index is -0.446. The van der Waals surface area contributed by atoms with E-state index in [-0.39, 0.29) is 5.82 Å². The topological polar surface area (TPSA) is 26.3 Å². The molecule has 0 spiro atoms. The average molecular weight is 264 g/mol. The lowest BCUT2D eigenvalue weighted by Crippen LogP contribution is -2.10. The maximum atomic E-state index is 13.2. The lowest BCUT2D eigenvalue weighted by Gasteiger charge is -2.21. The van der Waals surface area contributed by atoms with Crippen molar-refractivity contribution in [3.05, 3.63) is 35.1 Å². The van der Waals surface area contributed by atoms with E-state index in [0.29, 0.717) is 5.56 Å². The number of halogens is 1. The highest BCUT2D eigenvalue weighted by atomic mass is 19.1. The molecule has 0 bridgehead atoms. The number of hydrogen-bond acceptors (Lipinski definition) is 2. The van der Waals surface area contributed by atoms with Gasteiger partial charge < -0.3 is 4.74 Å². The molecule has 0 N–H and O–H groups in total. The monoisotopic (exact) mass is 264 g/mol. The summed E-state index contributed by atoms with van der Waals surface area (Å²) in [5, 5.41) is 0. The summed E-state index contributed by atoms with van der Waals surface area (Å²) in [4.78, 5) is 11.6. The predicted octanol–water partition coefficient (Wildman–Crippen LogP) is 4.13. The second-order valence-corrected chi connectivity index (χ2v) is 5.34. The van der Waals surface area contributed by atoms with Crippen LogP contribution in [-0.4, -0.2) is 13.1 Å². The Kier molecular flexibility index (Phi) is 4.94.